The average Bonchev–Trinajstić information content (AvgIpc) is 2.80. The summed E-state index contributed by atoms with van der Waals surface area (Å²) in [6, 6.07) is 2.87. The van der Waals surface area contributed by atoms with E-state index in [-0.39, 0.29) is 11.5 Å². The molecule has 1 fully saturated rings. The number of carbonyl (C=O) groups is 2. The van der Waals surface area contributed by atoms with E-state index in [1.807, 2.05) is 6.92 Å². The Balaban J connectivity index is 2.01. The van der Waals surface area contributed by atoms with Crippen molar-refractivity contribution in [1.82, 2.24) is 9.80 Å². The molecule has 1 aromatic rings. The Kier molecular flexibility index (Phi) is 6.07. The maximum Gasteiger partial charge on any atom is 0.256 e. The molecule has 126 valence electrons. The molecule has 0 aliphatic carbocycles. The second-order valence-electron chi connectivity index (χ2n) is 5.75. The number of rotatable bonds is 4. The Hall–Kier alpha value is -1.98. The molecule has 0 unspecified atom stereocenters. The summed E-state index contributed by atoms with van der Waals surface area (Å²) in [5.74, 6) is -1.79. The number of nitrogens with zero attached hydrogens (tertiary/aromatic N) is 2. The van der Waals surface area contributed by atoms with Crippen LogP contribution in [0.15, 0.2) is 18.2 Å². The maximum atomic E-state index is 13.7. The number of unbranched alkanes of at least 4 members (excludes halogenated alkanes) is 1. The topological polar surface area (TPSA) is 40.6 Å². The van der Waals surface area contributed by atoms with Gasteiger partial charge in [-0.05, 0) is 31.0 Å². The molecule has 1 aliphatic rings. The predicted octanol–water partition coefficient (Wildman–Crippen LogP) is 2.83. The van der Waals surface area contributed by atoms with Crippen LogP contribution < -0.4 is 0 Å². The van der Waals surface area contributed by atoms with Crippen LogP contribution in [0.25, 0.3) is 0 Å². The largest absolute Gasteiger partial charge is 0.341 e. The van der Waals surface area contributed by atoms with Crippen LogP contribution in [0, 0.1) is 11.6 Å². The molecule has 0 spiro atoms. The highest BCUT2D eigenvalue weighted by Crippen LogP contribution is 2.15. The van der Waals surface area contributed by atoms with Crippen LogP contribution in [0.5, 0.6) is 0 Å². The maximum absolute atomic E-state index is 13.7. The fourth-order valence-corrected chi connectivity index (χ4v) is 2.69. The molecule has 23 heavy (non-hydrogen) atoms. The SMILES string of the molecule is CCCCC(=O)N1CCCN(C(=O)c2cc(F)ccc2F)CC1. The van der Waals surface area contributed by atoms with Crippen LogP contribution in [0.4, 0.5) is 8.78 Å². The van der Waals surface area contributed by atoms with Crippen molar-refractivity contribution in [3.63, 3.8) is 0 Å². The van der Waals surface area contributed by atoms with Crippen LogP contribution in [0.2, 0.25) is 0 Å². The number of carbonyl (C=O) groups excluding carboxylic acids is 2. The van der Waals surface area contributed by atoms with Crippen LogP contribution >= 0.6 is 0 Å². The number of benzene rings is 1. The van der Waals surface area contributed by atoms with E-state index in [1.54, 1.807) is 4.90 Å². The highest BCUT2D eigenvalue weighted by molar-refractivity contribution is 5.94. The van der Waals surface area contributed by atoms with Gasteiger partial charge in [0.2, 0.25) is 5.91 Å². The third-order valence-electron chi connectivity index (χ3n) is 4.04. The van der Waals surface area contributed by atoms with Gasteiger partial charge in [0.1, 0.15) is 11.6 Å². The van der Waals surface area contributed by atoms with Gasteiger partial charge < -0.3 is 9.80 Å². The van der Waals surface area contributed by atoms with Crippen molar-refractivity contribution >= 4 is 11.8 Å². The van der Waals surface area contributed by atoms with Crippen LogP contribution in [-0.2, 0) is 4.79 Å². The van der Waals surface area contributed by atoms with Gasteiger partial charge in [-0.3, -0.25) is 9.59 Å². The fourth-order valence-electron chi connectivity index (χ4n) is 2.69. The highest BCUT2D eigenvalue weighted by Gasteiger charge is 2.24. The number of amides is 2. The minimum absolute atomic E-state index is 0.0954. The normalized spacial score (nSPS) is 15.4. The minimum atomic E-state index is -0.725. The molecule has 1 heterocycles. The van der Waals surface area contributed by atoms with E-state index in [0.717, 1.165) is 31.0 Å². The van der Waals surface area contributed by atoms with E-state index in [0.29, 0.717) is 39.0 Å². The van der Waals surface area contributed by atoms with E-state index in [9.17, 15) is 18.4 Å². The number of hydrogen-bond donors (Lipinski definition) is 0. The van der Waals surface area contributed by atoms with Crippen LogP contribution in [0.3, 0.4) is 0 Å². The molecular formula is C17H22F2N2O2. The van der Waals surface area contributed by atoms with Gasteiger partial charge in [-0.25, -0.2) is 8.78 Å². The number of halogens is 2. The molecular weight excluding hydrogens is 302 g/mol. The smallest absolute Gasteiger partial charge is 0.256 e. The summed E-state index contributed by atoms with van der Waals surface area (Å²) in [5.41, 5.74) is -0.254. The van der Waals surface area contributed by atoms with Crippen molar-refractivity contribution in [2.45, 2.75) is 32.6 Å². The molecule has 0 radical (unpaired) electrons. The van der Waals surface area contributed by atoms with Crippen molar-refractivity contribution in [2.24, 2.45) is 0 Å². The third kappa shape index (κ3) is 4.50. The Labute approximate surface area is 135 Å². The lowest BCUT2D eigenvalue weighted by Crippen LogP contribution is -2.37. The summed E-state index contributed by atoms with van der Waals surface area (Å²) < 4.78 is 27.0. The van der Waals surface area contributed by atoms with Crippen molar-refractivity contribution in [2.75, 3.05) is 26.2 Å². The monoisotopic (exact) mass is 324 g/mol. The van der Waals surface area contributed by atoms with Crippen molar-refractivity contribution < 1.29 is 18.4 Å². The zero-order chi connectivity index (χ0) is 16.8. The molecule has 1 aliphatic heterocycles. The quantitative estimate of drug-likeness (QED) is 0.854. The molecule has 1 aromatic carbocycles. The first-order valence-corrected chi connectivity index (χ1v) is 8.05. The zero-order valence-corrected chi connectivity index (χ0v) is 13.4. The Morgan fingerprint density at radius 2 is 1.78 bits per heavy atom. The fraction of sp³-hybridized carbons (Fsp3) is 0.529. The average molecular weight is 324 g/mol. The van der Waals surface area contributed by atoms with Gasteiger partial charge in [0, 0.05) is 32.6 Å². The van der Waals surface area contributed by atoms with Crippen LogP contribution in [-0.4, -0.2) is 47.8 Å². The molecule has 4 nitrogen and oxygen atoms in total. The van der Waals surface area contributed by atoms with Gasteiger partial charge in [0.25, 0.3) is 5.91 Å². The first-order valence-electron chi connectivity index (χ1n) is 8.05. The summed E-state index contributed by atoms with van der Waals surface area (Å²) in [6.45, 7) is 3.84. The summed E-state index contributed by atoms with van der Waals surface area (Å²) in [7, 11) is 0. The Morgan fingerprint density at radius 1 is 1.09 bits per heavy atom. The van der Waals surface area contributed by atoms with Crippen molar-refractivity contribution in [3.05, 3.63) is 35.4 Å². The molecule has 0 N–H and O–H groups in total. The Bertz CT molecular complexity index is 578. The number of hydrogen-bond acceptors (Lipinski definition) is 2. The zero-order valence-electron chi connectivity index (χ0n) is 13.4. The first-order chi connectivity index (χ1) is 11.0. The minimum Gasteiger partial charge on any atom is -0.341 e. The molecule has 2 rings (SSSR count). The molecule has 0 atom stereocenters. The second-order valence-corrected chi connectivity index (χ2v) is 5.75. The van der Waals surface area contributed by atoms with Gasteiger partial charge in [-0.2, -0.15) is 0 Å². The summed E-state index contributed by atoms with van der Waals surface area (Å²) in [5, 5.41) is 0. The first kappa shape index (κ1) is 17.4. The molecule has 0 saturated carbocycles. The third-order valence-corrected chi connectivity index (χ3v) is 4.04. The lowest BCUT2D eigenvalue weighted by molar-refractivity contribution is -0.131. The van der Waals surface area contributed by atoms with Crippen molar-refractivity contribution in [1.29, 1.82) is 0 Å². The van der Waals surface area contributed by atoms with Gasteiger partial charge in [-0.1, -0.05) is 13.3 Å². The Morgan fingerprint density at radius 3 is 2.52 bits per heavy atom. The predicted molar refractivity (Wildman–Crippen MR) is 83.0 cm³/mol. The van der Waals surface area contributed by atoms with Gasteiger partial charge in [0.05, 0.1) is 5.56 Å². The lowest BCUT2D eigenvalue weighted by Gasteiger charge is -2.22. The van der Waals surface area contributed by atoms with E-state index in [4.69, 9.17) is 0 Å². The second kappa shape index (κ2) is 8.04. The molecule has 0 aromatic heterocycles. The molecule has 6 heteroatoms. The summed E-state index contributed by atoms with van der Waals surface area (Å²) >= 11 is 0. The highest BCUT2D eigenvalue weighted by atomic mass is 19.1. The van der Waals surface area contributed by atoms with Crippen LogP contribution in [0.1, 0.15) is 43.0 Å². The van der Waals surface area contributed by atoms with Gasteiger partial charge in [0.15, 0.2) is 0 Å². The van der Waals surface area contributed by atoms with E-state index in [1.165, 1.54) is 4.90 Å². The van der Waals surface area contributed by atoms with Crippen molar-refractivity contribution in [3.8, 4) is 0 Å². The lowest BCUT2D eigenvalue weighted by atomic mass is 10.1. The summed E-state index contributed by atoms with van der Waals surface area (Å²) in [6.07, 6.45) is 2.97. The molecule has 1 saturated heterocycles. The van der Waals surface area contributed by atoms with Gasteiger partial charge >= 0.3 is 0 Å². The molecule has 2 amide bonds. The van der Waals surface area contributed by atoms with E-state index < -0.39 is 17.5 Å². The molecule has 0 bridgehead atoms. The standard InChI is InChI=1S/C17H22F2N2O2/c1-2-3-5-16(22)20-8-4-9-21(11-10-20)17(23)14-12-13(18)6-7-15(14)19/h6-7,12H,2-5,8-11H2,1H3. The van der Waals surface area contributed by atoms with Gasteiger partial charge in [-0.15, -0.1) is 0 Å². The van der Waals surface area contributed by atoms with E-state index >= 15 is 0 Å². The summed E-state index contributed by atoms with van der Waals surface area (Å²) in [4.78, 5) is 27.7. The van der Waals surface area contributed by atoms with E-state index in [2.05, 4.69) is 0 Å².